The Hall–Kier alpha value is -3.16. The number of carbonyl (C=O) groups excluding carboxylic acids is 2. The normalized spacial score (nSPS) is 10.6. The van der Waals surface area contributed by atoms with Gasteiger partial charge in [0.15, 0.2) is 6.61 Å². The zero-order chi connectivity index (χ0) is 19.4. The summed E-state index contributed by atoms with van der Waals surface area (Å²) >= 11 is 0. The van der Waals surface area contributed by atoms with Crippen molar-refractivity contribution in [2.45, 2.75) is 33.7 Å². The molecule has 0 saturated carbocycles. The number of nitrogen functional groups attached to an aromatic ring is 1. The summed E-state index contributed by atoms with van der Waals surface area (Å²) in [5, 5.41) is 10.8. The third kappa shape index (κ3) is 3.90. The summed E-state index contributed by atoms with van der Waals surface area (Å²) in [6.07, 6.45) is 0.936. The van der Waals surface area contributed by atoms with Gasteiger partial charge in [0.2, 0.25) is 5.78 Å². The van der Waals surface area contributed by atoms with Gasteiger partial charge in [-0.1, -0.05) is 6.92 Å². The molecule has 26 heavy (non-hydrogen) atoms. The van der Waals surface area contributed by atoms with Crippen LogP contribution in [0.1, 0.15) is 45.4 Å². The van der Waals surface area contributed by atoms with Gasteiger partial charge >= 0.3 is 5.97 Å². The van der Waals surface area contributed by atoms with E-state index in [2.05, 4.69) is 0 Å². The predicted octanol–water partition coefficient (Wildman–Crippen LogP) is 3.05. The molecular formula is C18H21N3O5. The average Bonchev–Trinajstić information content (AvgIpc) is 2.88. The molecule has 8 nitrogen and oxygen atoms in total. The van der Waals surface area contributed by atoms with E-state index in [0.29, 0.717) is 5.56 Å². The molecule has 2 N–H and O–H groups in total. The van der Waals surface area contributed by atoms with E-state index in [1.54, 1.807) is 6.07 Å². The summed E-state index contributed by atoms with van der Waals surface area (Å²) in [4.78, 5) is 34.7. The number of nitro benzene ring substituents is 1. The van der Waals surface area contributed by atoms with E-state index in [9.17, 15) is 19.7 Å². The standard InChI is InChI=1S/C18H21N3O5/c1-4-7-20-11(2)8-14(12(20)3)17(22)10-26-18(23)15-9-13(21(24)25)5-6-16(15)19/h5-6,8-9H,4,7,10,19H2,1-3H3. The van der Waals surface area contributed by atoms with Crippen molar-refractivity contribution in [3.8, 4) is 0 Å². The second kappa shape index (κ2) is 7.81. The summed E-state index contributed by atoms with van der Waals surface area (Å²) in [6, 6.07) is 5.26. The van der Waals surface area contributed by atoms with Gasteiger partial charge in [0.25, 0.3) is 5.69 Å². The summed E-state index contributed by atoms with van der Waals surface area (Å²) in [5.74, 6) is -1.21. The van der Waals surface area contributed by atoms with Crippen LogP contribution in [0.2, 0.25) is 0 Å². The molecule has 2 aromatic rings. The lowest BCUT2D eigenvalue weighted by Gasteiger charge is -2.08. The smallest absolute Gasteiger partial charge is 0.340 e. The molecule has 0 aliphatic rings. The SMILES string of the molecule is CCCn1c(C)cc(C(=O)COC(=O)c2cc([N+](=O)[O-])ccc2N)c1C. The van der Waals surface area contributed by atoms with Crippen LogP contribution in [0.3, 0.4) is 0 Å². The number of non-ortho nitro benzene ring substituents is 1. The zero-order valence-electron chi connectivity index (χ0n) is 14.9. The number of carbonyl (C=O) groups is 2. The van der Waals surface area contributed by atoms with Crippen LogP contribution in [-0.2, 0) is 11.3 Å². The largest absolute Gasteiger partial charge is 0.454 e. The van der Waals surface area contributed by atoms with Crippen molar-refractivity contribution >= 4 is 23.1 Å². The number of aryl methyl sites for hydroxylation is 1. The van der Waals surface area contributed by atoms with Crippen molar-refractivity contribution in [1.29, 1.82) is 0 Å². The Morgan fingerprint density at radius 1 is 1.23 bits per heavy atom. The van der Waals surface area contributed by atoms with E-state index < -0.39 is 17.5 Å². The molecule has 2 rings (SSSR count). The van der Waals surface area contributed by atoms with Crippen molar-refractivity contribution < 1.29 is 19.2 Å². The van der Waals surface area contributed by atoms with Crippen LogP contribution >= 0.6 is 0 Å². The fourth-order valence-electron chi connectivity index (χ4n) is 2.77. The number of benzene rings is 1. The first-order valence-corrected chi connectivity index (χ1v) is 8.17. The highest BCUT2D eigenvalue weighted by Crippen LogP contribution is 2.21. The van der Waals surface area contributed by atoms with E-state index in [-0.39, 0.29) is 22.7 Å². The minimum absolute atomic E-state index is 0.0502. The number of nitrogens with two attached hydrogens (primary N) is 1. The van der Waals surface area contributed by atoms with Gasteiger partial charge in [-0.25, -0.2) is 4.79 Å². The first-order chi connectivity index (χ1) is 12.3. The van der Waals surface area contributed by atoms with E-state index in [4.69, 9.17) is 10.5 Å². The highest BCUT2D eigenvalue weighted by Gasteiger charge is 2.20. The predicted molar refractivity (Wildman–Crippen MR) is 96.3 cm³/mol. The van der Waals surface area contributed by atoms with Gasteiger partial charge in [0, 0.05) is 41.3 Å². The average molecular weight is 359 g/mol. The summed E-state index contributed by atoms with van der Waals surface area (Å²) in [7, 11) is 0. The molecule has 0 fully saturated rings. The molecule has 1 aromatic carbocycles. The molecule has 0 atom stereocenters. The van der Waals surface area contributed by atoms with E-state index in [1.807, 2.05) is 25.3 Å². The highest BCUT2D eigenvalue weighted by molar-refractivity contribution is 6.01. The van der Waals surface area contributed by atoms with E-state index in [0.717, 1.165) is 30.4 Å². The lowest BCUT2D eigenvalue weighted by Crippen LogP contribution is -2.16. The molecule has 0 aliphatic heterocycles. The van der Waals surface area contributed by atoms with Gasteiger partial charge in [-0.3, -0.25) is 14.9 Å². The maximum Gasteiger partial charge on any atom is 0.340 e. The monoisotopic (exact) mass is 359 g/mol. The van der Waals surface area contributed by atoms with Crippen molar-refractivity contribution in [2.75, 3.05) is 12.3 Å². The number of nitro groups is 1. The lowest BCUT2D eigenvalue weighted by atomic mass is 10.1. The molecule has 0 aliphatic carbocycles. The van der Waals surface area contributed by atoms with Crippen LogP contribution in [0.5, 0.6) is 0 Å². The van der Waals surface area contributed by atoms with Crippen LogP contribution in [0, 0.1) is 24.0 Å². The fraction of sp³-hybridized carbons (Fsp3) is 0.333. The summed E-state index contributed by atoms with van der Waals surface area (Å²) in [6.45, 7) is 6.14. The molecule has 0 radical (unpaired) electrons. The Labute approximate surface area is 150 Å². The molecule has 8 heteroatoms. The Bertz CT molecular complexity index is 870. The van der Waals surface area contributed by atoms with Crippen LogP contribution in [0.25, 0.3) is 0 Å². The number of nitrogens with zero attached hydrogens (tertiary/aromatic N) is 2. The molecule has 0 amide bonds. The number of rotatable bonds is 7. The second-order valence-electron chi connectivity index (χ2n) is 5.96. The maximum absolute atomic E-state index is 12.4. The minimum Gasteiger partial charge on any atom is -0.454 e. The number of aromatic nitrogens is 1. The maximum atomic E-state index is 12.4. The Balaban J connectivity index is 2.13. The number of ketones is 1. The van der Waals surface area contributed by atoms with Gasteiger partial charge in [0.05, 0.1) is 10.5 Å². The van der Waals surface area contributed by atoms with Crippen molar-refractivity contribution in [2.24, 2.45) is 0 Å². The zero-order valence-corrected chi connectivity index (χ0v) is 14.9. The lowest BCUT2D eigenvalue weighted by molar-refractivity contribution is -0.384. The number of esters is 1. The number of hydrogen-bond donors (Lipinski definition) is 1. The van der Waals surface area contributed by atoms with Gasteiger partial charge in [-0.05, 0) is 32.4 Å². The Morgan fingerprint density at radius 2 is 1.92 bits per heavy atom. The summed E-state index contributed by atoms with van der Waals surface area (Å²) in [5.41, 5.74) is 7.59. The van der Waals surface area contributed by atoms with Gasteiger partial charge in [-0.2, -0.15) is 0 Å². The van der Waals surface area contributed by atoms with E-state index >= 15 is 0 Å². The molecule has 138 valence electrons. The van der Waals surface area contributed by atoms with Crippen molar-refractivity contribution in [3.63, 3.8) is 0 Å². The molecule has 1 heterocycles. The molecule has 0 saturated heterocycles. The number of Topliss-reactive ketones (excluding diaryl/α,β-unsaturated/α-hetero) is 1. The third-order valence-corrected chi connectivity index (χ3v) is 4.12. The number of ether oxygens (including phenoxy) is 1. The van der Waals surface area contributed by atoms with Crippen molar-refractivity contribution in [3.05, 3.63) is 56.9 Å². The van der Waals surface area contributed by atoms with Crippen LogP contribution in [0.15, 0.2) is 24.3 Å². The number of anilines is 1. The highest BCUT2D eigenvalue weighted by atomic mass is 16.6. The van der Waals surface area contributed by atoms with Crippen LogP contribution in [0.4, 0.5) is 11.4 Å². The van der Waals surface area contributed by atoms with Gasteiger partial charge in [0.1, 0.15) is 0 Å². The van der Waals surface area contributed by atoms with Crippen LogP contribution in [-0.4, -0.2) is 27.8 Å². The molecule has 0 unspecified atom stereocenters. The van der Waals surface area contributed by atoms with Gasteiger partial charge < -0.3 is 15.0 Å². The second-order valence-corrected chi connectivity index (χ2v) is 5.96. The molecule has 0 spiro atoms. The first kappa shape index (κ1) is 19.2. The van der Waals surface area contributed by atoms with Crippen LogP contribution < -0.4 is 5.73 Å². The third-order valence-electron chi connectivity index (χ3n) is 4.12. The minimum atomic E-state index is -0.873. The first-order valence-electron chi connectivity index (χ1n) is 8.17. The summed E-state index contributed by atoms with van der Waals surface area (Å²) < 4.78 is 7.06. The Kier molecular flexibility index (Phi) is 5.76. The molecule has 1 aromatic heterocycles. The number of hydrogen-bond acceptors (Lipinski definition) is 6. The van der Waals surface area contributed by atoms with Crippen molar-refractivity contribution in [1.82, 2.24) is 4.57 Å². The fourth-order valence-corrected chi connectivity index (χ4v) is 2.77. The Morgan fingerprint density at radius 3 is 2.54 bits per heavy atom. The topological polar surface area (TPSA) is 117 Å². The molecule has 0 bridgehead atoms. The van der Waals surface area contributed by atoms with Gasteiger partial charge in [-0.15, -0.1) is 0 Å². The quantitative estimate of drug-likeness (QED) is 0.267. The van der Waals surface area contributed by atoms with E-state index in [1.165, 1.54) is 12.1 Å². The molecular weight excluding hydrogens is 338 g/mol.